The molecular weight excluding hydrogens is 288 g/mol. The van der Waals surface area contributed by atoms with E-state index in [4.69, 9.17) is 4.98 Å². The predicted molar refractivity (Wildman–Crippen MR) is 91.3 cm³/mol. The van der Waals surface area contributed by atoms with E-state index in [0.717, 1.165) is 32.9 Å². The monoisotopic (exact) mass is 300 g/mol. The van der Waals surface area contributed by atoms with Crippen LogP contribution < -0.4 is 0 Å². The van der Waals surface area contributed by atoms with Crippen LogP contribution in [0.1, 0.15) is 0 Å². The zero-order chi connectivity index (χ0) is 15.8. The zero-order valence-corrected chi connectivity index (χ0v) is 12.1. The van der Waals surface area contributed by atoms with Gasteiger partial charge in [-0.25, -0.2) is 4.98 Å². The molecule has 0 aliphatic rings. The number of nitrogens with zero attached hydrogens (tertiary/aromatic N) is 2. The van der Waals surface area contributed by atoms with Gasteiger partial charge in [0.25, 0.3) is 5.69 Å². The Balaban J connectivity index is 2.17. The lowest BCUT2D eigenvalue weighted by atomic mass is 9.99. The summed E-state index contributed by atoms with van der Waals surface area (Å²) < 4.78 is 0. The highest BCUT2D eigenvalue weighted by molar-refractivity contribution is 6.11. The average Bonchev–Trinajstić information content (AvgIpc) is 2.61. The second-order valence-electron chi connectivity index (χ2n) is 5.33. The van der Waals surface area contributed by atoms with Crippen molar-refractivity contribution in [3.63, 3.8) is 0 Å². The summed E-state index contributed by atoms with van der Waals surface area (Å²) in [6.07, 6.45) is 0. The van der Waals surface area contributed by atoms with Crippen LogP contribution in [0.4, 0.5) is 5.69 Å². The molecule has 0 atom stereocenters. The maximum atomic E-state index is 11.1. The lowest BCUT2D eigenvalue weighted by Crippen LogP contribution is -1.92. The lowest BCUT2D eigenvalue weighted by molar-refractivity contribution is -0.384. The molecule has 0 saturated heterocycles. The van der Waals surface area contributed by atoms with Crippen LogP contribution in [-0.2, 0) is 0 Å². The Morgan fingerprint density at radius 1 is 0.783 bits per heavy atom. The smallest absolute Gasteiger partial charge is 0.258 e. The standard InChI is InChI=1S/C19H12N2O2/c22-21(23)14-10-11-15-16-8-4-5-9-18(16)20-19(17(15)12-14)13-6-2-1-3-7-13/h1-12H. The summed E-state index contributed by atoms with van der Waals surface area (Å²) in [6.45, 7) is 0. The molecule has 0 spiro atoms. The molecule has 0 aliphatic carbocycles. The first-order valence-corrected chi connectivity index (χ1v) is 7.26. The number of aromatic nitrogens is 1. The fourth-order valence-corrected chi connectivity index (χ4v) is 2.87. The molecule has 0 saturated carbocycles. The molecule has 1 heterocycles. The van der Waals surface area contributed by atoms with E-state index in [0.29, 0.717) is 0 Å². The van der Waals surface area contributed by atoms with Crippen LogP contribution in [0.5, 0.6) is 0 Å². The maximum absolute atomic E-state index is 11.1. The first-order valence-electron chi connectivity index (χ1n) is 7.26. The summed E-state index contributed by atoms with van der Waals surface area (Å²) >= 11 is 0. The minimum absolute atomic E-state index is 0.0757. The van der Waals surface area contributed by atoms with Gasteiger partial charge in [-0.2, -0.15) is 0 Å². The summed E-state index contributed by atoms with van der Waals surface area (Å²) in [5.74, 6) is 0. The fourth-order valence-electron chi connectivity index (χ4n) is 2.87. The van der Waals surface area contributed by atoms with Gasteiger partial charge in [0.05, 0.1) is 16.1 Å². The highest BCUT2D eigenvalue weighted by Gasteiger charge is 2.14. The summed E-state index contributed by atoms with van der Waals surface area (Å²) in [7, 11) is 0. The Bertz CT molecular complexity index is 1040. The van der Waals surface area contributed by atoms with Crippen molar-refractivity contribution in [3.05, 3.63) is 82.9 Å². The second-order valence-corrected chi connectivity index (χ2v) is 5.33. The topological polar surface area (TPSA) is 56.0 Å². The number of pyridine rings is 1. The molecule has 4 aromatic rings. The van der Waals surface area contributed by atoms with E-state index in [1.165, 1.54) is 0 Å². The van der Waals surface area contributed by atoms with Crippen molar-refractivity contribution in [1.29, 1.82) is 0 Å². The molecule has 4 rings (SSSR count). The Hall–Kier alpha value is -3.27. The van der Waals surface area contributed by atoms with Crippen molar-refractivity contribution >= 4 is 27.4 Å². The summed E-state index contributed by atoms with van der Waals surface area (Å²) in [5.41, 5.74) is 2.67. The molecular formula is C19H12N2O2. The lowest BCUT2D eigenvalue weighted by Gasteiger charge is -2.09. The van der Waals surface area contributed by atoms with Gasteiger partial charge in [-0.3, -0.25) is 10.1 Å². The Morgan fingerprint density at radius 3 is 2.30 bits per heavy atom. The van der Waals surface area contributed by atoms with Crippen LogP contribution in [0.3, 0.4) is 0 Å². The number of hydrogen-bond acceptors (Lipinski definition) is 3. The minimum atomic E-state index is -0.372. The van der Waals surface area contributed by atoms with Crippen LogP contribution in [0.15, 0.2) is 72.8 Å². The Kier molecular flexibility index (Phi) is 3.01. The van der Waals surface area contributed by atoms with Crippen molar-refractivity contribution in [2.24, 2.45) is 0 Å². The van der Waals surface area contributed by atoms with E-state index in [1.807, 2.05) is 60.7 Å². The number of rotatable bonds is 2. The van der Waals surface area contributed by atoms with Gasteiger partial charge in [0.1, 0.15) is 0 Å². The van der Waals surface area contributed by atoms with E-state index in [2.05, 4.69) is 0 Å². The summed E-state index contributed by atoms with van der Waals surface area (Å²) in [6, 6.07) is 22.6. The molecule has 0 N–H and O–H groups in total. The third-order valence-electron chi connectivity index (χ3n) is 3.94. The molecule has 110 valence electrons. The van der Waals surface area contributed by atoms with Gasteiger partial charge in [-0.1, -0.05) is 48.5 Å². The van der Waals surface area contributed by atoms with E-state index < -0.39 is 0 Å². The zero-order valence-electron chi connectivity index (χ0n) is 12.1. The number of para-hydroxylation sites is 1. The van der Waals surface area contributed by atoms with Gasteiger partial charge >= 0.3 is 0 Å². The number of nitro groups is 1. The van der Waals surface area contributed by atoms with Gasteiger partial charge in [0.15, 0.2) is 0 Å². The van der Waals surface area contributed by atoms with Gasteiger partial charge in [0, 0.05) is 28.5 Å². The molecule has 0 bridgehead atoms. The highest BCUT2D eigenvalue weighted by atomic mass is 16.6. The summed E-state index contributed by atoms with van der Waals surface area (Å²) in [4.78, 5) is 15.5. The van der Waals surface area contributed by atoms with Crippen LogP contribution >= 0.6 is 0 Å². The highest BCUT2D eigenvalue weighted by Crippen LogP contribution is 2.34. The minimum Gasteiger partial charge on any atom is -0.258 e. The third-order valence-corrected chi connectivity index (χ3v) is 3.94. The van der Waals surface area contributed by atoms with Gasteiger partial charge in [-0.15, -0.1) is 0 Å². The SMILES string of the molecule is O=[N+]([O-])c1ccc2c(c1)c(-c1ccccc1)nc1ccccc12. The van der Waals surface area contributed by atoms with Crippen LogP contribution in [0, 0.1) is 10.1 Å². The van der Waals surface area contributed by atoms with Crippen LogP contribution in [0.25, 0.3) is 32.9 Å². The van der Waals surface area contributed by atoms with Crippen molar-refractivity contribution < 1.29 is 4.92 Å². The van der Waals surface area contributed by atoms with E-state index >= 15 is 0 Å². The Morgan fingerprint density at radius 2 is 1.52 bits per heavy atom. The van der Waals surface area contributed by atoms with E-state index in [-0.39, 0.29) is 10.6 Å². The normalized spacial score (nSPS) is 11.0. The molecule has 3 aromatic carbocycles. The molecule has 0 unspecified atom stereocenters. The molecule has 0 amide bonds. The largest absolute Gasteiger partial charge is 0.270 e. The first kappa shape index (κ1) is 13.4. The average molecular weight is 300 g/mol. The predicted octanol–water partition coefficient (Wildman–Crippen LogP) is 4.96. The van der Waals surface area contributed by atoms with Crippen molar-refractivity contribution in [2.45, 2.75) is 0 Å². The van der Waals surface area contributed by atoms with Crippen LogP contribution in [-0.4, -0.2) is 9.91 Å². The quantitative estimate of drug-likeness (QED) is 0.298. The van der Waals surface area contributed by atoms with E-state index in [1.54, 1.807) is 12.1 Å². The molecule has 0 aliphatic heterocycles. The molecule has 1 aromatic heterocycles. The number of nitro benzene ring substituents is 1. The first-order chi connectivity index (χ1) is 11.2. The number of hydrogen-bond donors (Lipinski definition) is 0. The van der Waals surface area contributed by atoms with Gasteiger partial charge < -0.3 is 0 Å². The molecule has 4 nitrogen and oxygen atoms in total. The number of non-ortho nitro benzene ring substituents is 1. The van der Waals surface area contributed by atoms with Crippen molar-refractivity contribution in [3.8, 4) is 11.3 Å². The number of benzene rings is 3. The van der Waals surface area contributed by atoms with E-state index in [9.17, 15) is 10.1 Å². The second kappa shape index (κ2) is 5.18. The van der Waals surface area contributed by atoms with Gasteiger partial charge in [-0.05, 0) is 17.5 Å². The molecule has 23 heavy (non-hydrogen) atoms. The van der Waals surface area contributed by atoms with Crippen LogP contribution in [0.2, 0.25) is 0 Å². The molecule has 4 heteroatoms. The Labute approximate surface area is 132 Å². The van der Waals surface area contributed by atoms with Gasteiger partial charge in [0.2, 0.25) is 0 Å². The number of fused-ring (bicyclic) bond motifs is 3. The fraction of sp³-hybridized carbons (Fsp3) is 0. The van der Waals surface area contributed by atoms with Crippen molar-refractivity contribution in [1.82, 2.24) is 4.98 Å². The third kappa shape index (κ3) is 2.21. The molecule has 0 radical (unpaired) electrons. The maximum Gasteiger partial charge on any atom is 0.270 e. The van der Waals surface area contributed by atoms with Crippen molar-refractivity contribution in [2.75, 3.05) is 0 Å². The summed E-state index contributed by atoms with van der Waals surface area (Å²) in [5, 5.41) is 13.9. The molecule has 0 fully saturated rings.